The van der Waals surface area contributed by atoms with Crippen LogP contribution in [0.1, 0.15) is 0 Å². The molecule has 0 unspecified atom stereocenters. The largest absolute Gasteiger partial charge is 0.454 e. The van der Waals surface area contributed by atoms with E-state index in [-0.39, 0.29) is 0 Å². The normalized spacial score (nSPS) is 11.9. The Morgan fingerprint density at radius 2 is 1.29 bits per heavy atom. The van der Waals surface area contributed by atoms with Crippen molar-refractivity contribution in [1.82, 2.24) is 9.97 Å². The molecule has 0 radical (unpaired) electrons. The maximum Gasteiger partial charge on any atom is 0.227 e. The molecule has 0 amide bonds. The second-order valence-corrected chi connectivity index (χ2v) is 10.3. The van der Waals surface area contributed by atoms with Gasteiger partial charge in [0, 0.05) is 22.4 Å². The lowest BCUT2D eigenvalue weighted by Crippen LogP contribution is -2.11. The van der Waals surface area contributed by atoms with Crippen LogP contribution in [0.15, 0.2) is 137 Å². The molecule has 0 aliphatic rings. The van der Waals surface area contributed by atoms with Gasteiger partial charge in [-0.05, 0) is 52.6 Å². The number of para-hydroxylation sites is 1. The van der Waals surface area contributed by atoms with Crippen molar-refractivity contribution < 1.29 is 8.83 Å². The first-order chi connectivity index (χ1) is 20.3. The first kappa shape index (κ1) is 22.2. The highest BCUT2D eigenvalue weighted by molar-refractivity contribution is 6.18. The minimum atomic E-state index is 0.622. The van der Waals surface area contributed by atoms with E-state index in [4.69, 9.17) is 13.8 Å². The lowest BCUT2D eigenvalue weighted by atomic mass is 9.98. The standard InChI is InChI=1S/C36H21N3O2/c1-2-9-24-22(8-1)18-31(26-11-4-3-10-25(24)26)39(23-19-29-27-12-5-6-14-32(27)41-36(29)38-20-23)30-13-7-15-33-35(30)28-16-17-37-21-34(28)40-33/h1-21H. The number of rotatable bonds is 3. The average molecular weight is 528 g/mol. The lowest BCUT2D eigenvalue weighted by molar-refractivity contribution is 0.654. The summed E-state index contributed by atoms with van der Waals surface area (Å²) in [5.41, 5.74) is 6.00. The summed E-state index contributed by atoms with van der Waals surface area (Å²) in [6.07, 6.45) is 5.49. The molecule has 5 nitrogen and oxygen atoms in total. The fourth-order valence-electron chi connectivity index (χ4n) is 6.20. The van der Waals surface area contributed by atoms with Gasteiger partial charge in [0.05, 0.1) is 40.2 Å². The molecule has 5 heteroatoms. The van der Waals surface area contributed by atoms with Crippen molar-refractivity contribution in [3.05, 3.63) is 128 Å². The third-order valence-corrected chi connectivity index (χ3v) is 7.98. The number of fused-ring (bicyclic) bond motifs is 9. The van der Waals surface area contributed by atoms with E-state index in [0.717, 1.165) is 60.7 Å². The number of furan rings is 2. The summed E-state index contributed by atoms with van der Waals surface area (Å²) >= 11 is 0. The van der Waals surface area contributed by atoms with E-state index in [1.54, 1.807) is 6.20 Å². The van der Waals surface area contributed by atoms with Crippen molar-refractivity contribution in [3.8, 4) is 0 Å². The minimum Gasteiger partial charge on any atom is -0.454 e. The number of aromatic nitrogens is 2. The minimum absolute atomic E-state index is 0.622. The van der Waals surface area contributed by atoms with Gasteiger partial charge in [-0.3, -0.25) is 4.98 Å². The van der Waals surface area contributed by atoms with Gasteiger partial charge in [-0.1, -0.05) is 72.8 Å². The van der Waals surface area contributed by atoms with Gasteiger partial charge in [0.15, 0.2) is 5.58 Å². The number of nitrogens with zero attached hydrogens (tertiary/aromatic N) is 3. The molecule has 0 N–H and O–H groups in total. The molecule has 0 aliphatic heterocycles. The Kier molecular flexibility index (Phi) is 4.55. The van der Waals surface area contributed by atoms with Gasteiger partial charge in [-0.15, -0.1) is 0 Å². The van der Waals surface area contributed by atoms with E-state index in [1.165, 1.54) is 16.2 Å². The fraction of sp³-hybridized carbons (Fsp3) is 0. The topological polar surface area (TPSA) is 55.3 Å². The molecule has 41 heavy (non-hydrogen) atoms. The molecule has 192 valence electrons. The zero-order chi connectivity index (χ0) is 26.9. The van der Waals surface area contributed by atoms with E-state index in [2.05, 4.69) is 82.7 Å². The van der Waals surface area contributed by atoms with E-state index >= 15 is 0 Å². The van der Waals surface area contributed by atoms with Gasteiger partial charge in [0.25, 0.3) is 0 Å². The van der Waals surface area contributed by atoms with Crippen LogP contribution in [0.2, 0.25) is 0 Å². The zero-order valence-corrected chi connectivity index (χ0v) is 21.8. The number of hydrogen-bond acceptors (Lipinski definition) is 5. The molecule has 0 spiro atoms. The Balaban J connectivity index is 1.43. The molecule has 0 aliphatic carbocycles. The summed E-state index contributed by atoms with van der Waals surface area (Å²) in [5, 5.41) is 8.79. The Morgan fingerprint density at radius 3 is 2.22 bits per heavy atom. The van der Waals surface area contributed by atoms with Crippen molar-refractivity contribution >= 4 is 82.6 Å². The number of anilines is 3. The first-order valence-electron chi connectivity index (χ1n) is 13.6. The van der Waals surface area contributed by atoms with Crippen molar-refractivity contribution in [1.29, 1.82) is 0 Å². The first-order valence-corrected chi connectivity index (χ1v) is 13.6. The number of pyridine rings is 2. The van der Waals surface area contributed by atoms with Crippen molar-refractivity contribution in [2.45, 2.75) is 0 Å². The van der Waals surface area contributed by atoms with Gasteiger partial charge in [-0.2, -0.15) is 0 Å². The van der Waals surface area contributed by atoms with Crippen LogP contribution in [-0.2, 0) is 0 Å². The predicted molar refractivity (Wildman–Crippen MR) is 166 cm³/mol. The van der Waals surface area contributed by atoms with E-state index in [9.17, 15) is 0 Å². The molecular weight excluding hydrogens is 506 g/mol. The number of hydrogen-bond donors (Lipinski definition) is 0. The van der Waals surface area contributed by atoms with Crippen LogP contribution in [0.3, 0.4) is 0 Å². The summed E-state index contributed by atoms with van der Waals surface area (Å²) in [7, 11) is 0. The monoisotopic (exact) mass is 527 g/mol. The van der Waals surface area contributed by atoms with Gasteiger partial charge >= 0.3 is 0 Å². The molecule has 5 aromatic carbocycles. The smallest absolute Gasteiger partial charge is 0.227 e. The number of benzene rings is 5. The molecule has 0 saturated carbocycles. The summed E-state index contributed by atoms with van der Waals surface area (Å²) in [5.74, 6) is 0. The summed E-state index contributed by atoms with van der Waals surface area (Å²) in [6.45, 7) is 0. The molecule has 4 aromatic heterocycles. The highest BCUT2D eigenvalue weighted by Gasteiger charge is 2.23. The molecule has 0 atom stereocenters. The van der Waals surface area contributed by atoms with Gasteiger partial charge < -0.3 is 13.7 Å². The maximum absolute atomic E-state index is 6.27. The van der Waals surface area contributed by atoms with E-state index in [0.29, 0.717) is 5.71 Å². The molecular formula is C36H21N3O2. The summed E-state index contributed by atoms with van der Waals surface area (Å²) in [6, 6.07) is 37.9. The van der Waals surface area contributed by atoms with Crippen LogP contribution < -0.4 is 4.90 Å². The van der Waals surface area contributed by atoms with Gasteiger partial charge in [-0.25, -0.2) is 4.98 Å². The average Bonchev–Trinajstić information content (AvgIpc) is 3.60. The highest BCUT2D eigenvalue weighted by Crippen LogP contribution is 2.46. The van der Waals surface area contributed by atoms with Crippen LogP contribution in [-0.4, -0.2) is 9.97 Å². The molecule has 4 heterocycles. The quantitative estimate of drug-likeness (QED) is 0.214. The summed E-state index contributed by atoms with van der Waals surface area (Å²) < 4.78 is 12.4. The van der Waals surface area contributed by atoms with Crippen LogP contribution in [0.4, 0.5) is 17.1 Å². The zero-order valence-electron chi connectivity index (χ0n) is 21.8. The Labute approximate surface area is 233 Å². The molecule has 9 aromatic rings. The van der Waals surface area contributed by atoms with E-state index < -0.39 is 0 Å². The molecule has 0 fully saturated rings. The van der Waals surface area contributed by atoms with Crippen molar-refractivity contribution in [2.24, 2.45) is 0 Å². The Bertz CT molecular complexity index is 2450. The third-order valence-electron chi connectivity index (χ3n) is 7.98. The maximum atomic E-state index is 6.27. The fourth-order valence-corrected chi connectivity index (χ4v) is 6.20. The SMILES string of the molecule is c1ccc2c(c1)cc(N(c1cnc3oc4ccccc4c3c1)c1cccc3oc4cnccc4c13)c1ccccc12. The molecule has 0 saturated heterocycles. The lowest BCUT2D eigenvalue weighted by Gasteiger charge is -2.28. The third kappa shape index (κ3) is 3.23. The Hall–Kier alpha value is -5.68. The second-order valence-electron chi connectivity index (χ2n) is 10.3. The van der Waals surface area contributed by atoms with Gasteiger partial charge in [0.1, 0.15) is 11.2 Å². The van der Waals surface area contributed by atoms with E-state index in [1.807, 2.05) is 48.8 Å². The summed E-state index contributed by atoms with van der Waals surface area (Å²) in [4.78, 5) is 11.4. The predicted octanol–water partition coefficient (Wildman–Crippen LogP) is 10.1. The highest BCUT2D eigenvalue weighted by atomic mass is 16.3. The molecule has 9 rings (SSSR count). The van der Waals surface area contributed by atoms with Crippen LogP contribution in [0.25, 0.3) is 65.6 Å². The van der Waals surface area contributed by atoms with Crippen LogP contribution in [0, 0.1) is 0 Å². The molecule has 0 bridgehead atoms. The van der Waals surface area contributed by atoms with Crippen LogP contribution in [0.5, 0.6) is 0 Å². The van der Waals surface area contributed by atoms with Gasteiger partial charge in [0.2, 0.25) is 5.71 Å². The van der Waals surface area contributed by atoms with Crippen LogP contribution >= 0.6 is 0 Å². The Morgan fingerprint density at radius 1 is 0.512 bits per heavy atom. The van der Waals surface area contributed by atoms with Crippen molar-refractivity contribution in [2.75, 3.05) is 4.90 Å². The van der Waals surface area contributed by atoms with Crippen molar-refractivity contribution in [3.63, 3.8) is 0 Å². The second kappa shape index (κ2) is 8.41.